The van der Waals surface area contributed by atoms with E-state index >= 15 is 0 Å². The maximum Gasteiger partial charge on any atom is 0.344 e. The number of nitrogens with zero attached hydrogens (tertiary/aromatic N) is 1. The molecule has 2 rings (SSSR count). The van der Waals surface area contributed by atoms with Crippen LogP contribution in [0.4, 0.5) is 5.88 Å². The highest BCUT2D eigenvalue weighted by molar-refractivity contribution is 6.32. The maximum absolute atomic E-state index is 12.2. The Morgan fingerprint density at radius 1 is 1.29 bits per heavy atom. The summed E-state index contributed by atoms with van der Waals surface area (Å²) in [6, 6.07) is 6.29. The first-order valence-corrected chi connectivity index (χ1v) is 8.60. The second-order valence-corrected chi connectivity index (χ2v) is 6.02. The molecule has 0 radical (unpaired) electrons. The third-order valence-corrected chi connectivity index (χ3v) is 3.88. The van der Waals surface area contributed by atoms with Gasteiger partial charge in [-0.25, -0.2) is 4.79 Å². The van der Waals surface area contributed by atoms with Crippen molar-refractivity contribution >= 4 is 35.1 Å². The normalized spacial score (nSPS) is 10.1. The van der Waals surface area contributed by atoms with E-state index in [0.29, 0.717) is 5.56 Å². The average Bonchev–Trinajstić information content (AvgIpc) is 2.96. The van der Waals surface area contributed by atoms with E-state index in [1.54, 1.807) is 6.92 Å². The molecule has 28 heavy (non-hydrogen) atoms. The maximum atomic E-state index is 12.2. The zero-order valence-electron chi connectivity index (χ0n) is 15.4. The van der Waals surface area contributed by atoms with Gasteiger partial charge in [-0.3, -0.25) is 14.9 Å². The lowest BCUT2D eigenvalue weighted by Gasteiger charge is -2.09. The fourth-order valence-corrected chi connectivity index (χ4v) is 2.68. The summed E-state index contributed by atoms with van der Waals surface area (Å²) in [5.74, 6) is -1.62. The number of anilines is 1. The molecule has 1 heterocycles. The van der Waals surface area contributed by atoms with Crippen LogP contribution in [0.1, 0.15) is 45.9 Å². The molecule has 0 saturated carbocycles. The van der Waals surface area contributed by atoms with Crippen LogP contribution in [0.25, 0.3) is 0 Å². The summed E-state index contributed by atoms with van der Waals surface area (Å²) in [6.45, 7) is 4.05. The summed E-state index contributed by atoms with van der Waals surface area (Å²) in [5.41, 5.74) is 0.255. The van der Waals surface area contributed by atoms with Crippen molar-refractivity contribution in [2.75, 3.05) is 18.5 Å². The first-order valence-electron chi connectivity index (χ1n) is 8.22. The number of Topliss-reactive ketones (excluding diaryl/α,β-unsaturated/α-hetero) is 1. The monoisotopic (exact) mass is 404 g/mol. The van der Waals surface area contributed by atoms with Crippen LogP contribution >= 0.6 is 11.6 Å². The number of esters is 1. The number of ether oxygens (including phenoxy) is 2. The first-order chi connectivity index (χ1) is 13.3. The van der Waals surface area contributed by atoms with E-state index in [1.807, 2.05) is 6.07 Å². The number of nitrogens with one attached hydrogen (secondary N) is 1. The van der Waals surface area contributed by atoms with Crippen molar-refractivity contribution in [1.82, 2.24) is 0 Å². The number of benzene rings is 1. The molecule has 0 unspecified atom stereocenters. The van der Waals surface area contributed by atoms with Gasteiger partial charge in [-0.15, -0.1) is 0 Å². The van der Waals surface area contributed by atoms with Gasteiger partial charge in [0.1, 0.15) is 17.1 Å². The predicted molar refractivity (Wildman–Crippen MR) is 99.7 cm³/mol. The number of hydrogen-bond acceptors (Lipinski definition) is 7. The van der Waals surface area contributed by atoms with Crippen molar-refractivity contribution in [3.05, 3.63) is 45.7 Å². The average molecular weight is 405 g/mol. The van der Waals surface area contributed by atoms with E-state index in [0.717, 1.165) is 0 Å². The minimum atomic E-state index is -0.782. The minimum Gasteiger partial charge on any atom is -0.482 e. The Kier molecular flexibility index (Phi) is 6.79. The minimum absolute atomic E-state index is 0.0461. The van der Waals surface area contributed by atoms with Gasteiger partial charge < -0.3 is 13.9 Å². The number of carbonyl (C=O) groups excluding carboxylic acids is 3. The Hall–Kier alpha value is -3.31. The lowest BCUT2D eigenvalue weighted by atomic mass is 10.1. The summed E-state index contributed by atoms with van der Waals surface area (Å²) in [4.78, 5) is 36.3. The lowest BCUT2D eigenvalue weighted by molar-refractivity contribution is -0.118. The molecule has 0 fully saturated rings. The Balaban J connectivity index is 2.17. The molecule has 0 aliphatic carbocycles. The molecule has 1 N–H and O–H groups in total. The zero-order chi connectivity index (χ0) is 20.8. The molecule has 1 aromatic heterocycles. The molecule has 8 nitrogen and oxygen atoms in total. The predicted octanol–water partition coefficient (Wildman–Crippen LogP) is 3.51. The Bertz CT molecular complexity index is 974. The number of carbonyl (C=O) groups is 3. The first kappa shape index (κ1) is 21.0. The zero-order valence-corrected chi connectivity index (χ0v) is 16.2. The fourth-order valence-electron chi connectivity index (χ4n) is 2.45. The number of ketones is 1. The molecule has 1 aromatic carbocycles. The van der Waals surface area contributed by atoms with E-state index in [4.69, 9.17) is 30.8 Å². The summed E-state index contributed by atoms with van der Waals surface area (Å²) in [7, 11) is 0. The molecule has 0 aliphatic heterocycles. The molecule has 0 bridgehead atoms. The van der Waals surface area contributed by atoms with Crippen molar-refractivity contribution in [2.24, 2.45) is 0 Å². The van der Waals surface area contributed by atoms with Gasteiger partial charge in [-0.1, -0.05) is 11.6 Å². The van der Waals surface area contributed by atoms with Crippen molar-refractivity contribution in [1.29, 1.82) is 5.26 Å². The van der Waals surface area contributed by atoms with Crippen molar-refractivity contribution < 1.29 is 28.3 Å². The fraction of sp³-hybridized carbons (Fsp3) is 0.263. The smallest absolute Gasteiger partial charge is 0.344 e. The van der Waals surface area contributed by atoms with Gasteiger partial charge >= 0.3 is 5.97 Å². The standard InChI is InChI=1S/C19H17ClN2O6/c1-4-26-19(25)17-16(10(2)23)11(3)28-18(17)22-15(24)9-27-14-6-5-12(8-21)7-13(14)20/h5-7H,4,9H2,1-3H3,(H,22,24). The second-order valence-electron chi connectivity index (χ2n) is 5.61. The molecule has 0 saturated heterocycles. The van der Waals surface area contributed by atoms with Crippen LogP contribution in [0.3, 0.4) is 0 Å². The van der Waals surface area contributed by atoms with Crippen LogP contribution in [-0.2, 0) is 9.53 Å². The molecule has 9 heteroatoms. The number of furan rings is 1. The second kappa shape index (κ2) is 9.06. The van der Waals surface area contributed by atoms with Crippen molar-refractivity contribution in [2.45, 2.75) is 20.8 Å². The van der Waals surface area contributed by atoms with Crippen LogP contribution in [0.2, 0.25) is 5.02 Å². The molecule has 146 valence electrons. The molecule has 0 spiro atoms. The van der Waals surface area contributed by atoms with Gasteiger partial charge in [0.2, 0.25) is 5.88 Å². The van der Waals surface area contributed by atoms with Gasteiger partial charge in [-0.05, 0) is 39.0 Å². The number of nitriles is 1. The highest BCUT2D eigenvalue weighted by Gasteiger charge is 2.28. The van der Waals surface area contributed by atoms with Crippen molar-refractivity contribution in [3.63, 3.8) is 0 Å². The number of rotatable bonds is 7. The van der Waals surface area contributed by atoms with Gasteiger partial charge in [0.15, 0.2) is 12.4 Å². The van der Waals surface area contributed by atoms with Gasteiger partial charge in [0.05, 0.1) is 28.8 Å². The van der Waals surface area contributed by atoms with Crippen LogP contribution in [-0.4, -0.2) is 30.9 Å². The number of amides is 1. The molecule has 0 aliphatic rings. The highest BCUT2D eigenvalue weighted by atomic mass is 35.5. The van der Waals surface area contributed by atoms with Crippen LogP contribution < -0.4 is 10.1 Å². The molecular formula is C19H17ClN2O6. The largest absolute Gasteiger partial charge is 0.482 e. The Labute approximate surface area is 166 Å². The lowest BCUT2D eigenvalue weighted by Crippen LogP contribution is -2.22. The number of halogens is 1. The third-order valence-electron chi connectivity index (χ3n) is 3.59. The molecule has 2 aromatic rings. The Morgan fingerprint density at radius 3 is 2.57 bits per heavy atom. The summed E-state index contributed by atoms with van der Waals surface area (Å²) >= 11 is 5.99. The summed E-state index contributed by atoms with van der Waals surface area (Å²) in [5, 5.41) is 11.4. The number of aryl methyl sites for hydroxylation is 1. The number of hydrogen-bond donors (Lipinski definition) is 1. The summed E-state index contributed by atoms with van der Waals surface area (Å²) in [6.07, 6.45) is 0. The molecular weight excluding hydrogens is 388 g/mol. The van der Waals surface area contributed by atoms with E-state index in [-0.39, 0.29) is 40.2 Å². The third kappa shape index (κ3) is 4.69. The highest BCUT2D eigenvalue weighted by Crippen LogP contribution is 2.29. The van der Waals surface area contributed by atoms with Gasteiger partial charge in [-0.2, -0.15) is 5.26 Å². The quantitative estimate of drug-likeness (QED) is 0.553. The van der Waals surface area contributed by atoms with Crippen LogP contribution in [0.5, 0.6) is 5.75 Å². The topological polar surface area (TPSA) is 119 Å². The van der Waals surface area contributed by atoms with E-state index < -0.39 is 24.3 Å². The molecule has 1 amide bonds. The SMILES string of the molecule is CCOC(=O)c1c(NC(=O)COc2ccc(C#N)cc2Cl)oc(C)c1C(C)=O. The van der Waals surface area contributed by atoms with Crippen LogP contribution in [0, 0.1) is 18.3 Å². The van der Waals surface area contributed by atoms with Crippen molar-refractivity contribution in [3.8, 4) is 11.8 Å². The van der Waals surface area contributed by atoms with E-state index in [2.05, 4.69) is 5.32 Å². The Morgan fingerprint density at radius 2 is 2.00 bits per heavy atom. The molecule has 0 atom stereocenters. The summed E-state index contributed by atoms with van der Waals surface area (Å²) < 4.78 is 15.6. The van der Waals surface area contributed by atoms with E-state index in [1.165, 1.54) is 32.0 Å². The van der Waals surface area contributed by atoms with Gasteiger partial charge in [0.25, 0.3) is 5.91 Å². The van der Waals surface area contributed by atoms with Gasteiger partial charge in [0, 0.05) is 0 Å². The van der Waals surface area contributed by atoms with E-state index in [9.17, 15) is 14.4 Å². The van der Waals surface area contributed by atoms with Crippen LogP contribution in [0.15, 0.2) is 22.6 Å².